The van der Waals surface area contributed by atoms with Crippen molar-refractivity contribution in [1.82, 2.24) is 23.4 Å². The van der Waals surface area contributed by atoms with Gasteiger partial charge in [0.2, 0.25) is 0 Å². The zero-order valence-electron chi connectivity index (χ0n) is 45.4. The maximum atomic E-state index is 9.73. The highest BCUT2D eigenvalue weighted by atomic mass is 32.1. The van der Waals surface area contributed by atoms with Crippen LogP contribution in [0.3, 0.4) is 0 Å². The fraction of sp³-hybridized carbons (Fsp3) is 0.0676. The molecule has 0 spiro atoms. The molecule has 0 amide bonds. The molecule has 17 rings (SSSR count). The van der Waals surface area contributed by atoms with Gasteiger partial charge in [-0.3, -0.25) is 20.1 Å². The molecule has 9 aromatic carbocycles. The predicted octanol–water partition coefficient (Wildman–Crippen LogP) is 18.9. The second-order valence-electron chi connectivity index (χ2n) is 22.3. The van der Waals surface area contributed by atoms with E-state index >= 15 is 0 Å². The van der Waals surface area contributed by atoms with Gasteiger partial charge in [0.05, 0.1) is 48.8 Å². The van der Waals surface area contributed by atoms with Gasteiger partial charge in [0.25, 0.3) is 0 Å². The third kappa shape index (κ3) is 7.20. The quantitative estimate of drug-likeness (QED) is 0.123. The van der Waals surface area contributed by atoms with Gasteiger partial charge in [-0.2, -0.15) is 0 Å². The standard InChI is InChI=1S/C74H52N8S/c1-74(48-32-36-65-59(44-48)55-26-11-16-30-64(55)81(65)73-70-58(40-43-76-73)60-45-50(33-37-67(60)83-70)79-61-27-13-8-22-51(61)52-23-9-14-28-62(52)79)41-38-46(39-42-74)71(75)77-72(47-18-4-2-5-19-47)78-82-66-31-17-12-25-54(66)57-35-34-56-53-24-10-15-29-63(53)80(68(56)69(57)82)49-20-6-3-7-21-49/h3-4,6-41,43-45H,2,5,42H2,1H3,(H2,75,77,78). The molecule has 0 saturated carbocycles. The SMILES string of the molecule is CC1(c2ccc3c(c2)c2ccccc2n3-c2nccc3c2sc2ccc(-n4c5ccccc5c5ccccc54)cc23)C=CC(C(=N)N=C(Nn2c3ccccc3c3ccc4c5ccccc5n(-c5ccccc5)c4c32)C2=CCCC=C2)=CC1. The highest BCUT2D eigenvalue weighted by molar-refractivity contribution is 7.26. The lowest BCUT2D eigenvalue weighted by atomic mass is 9.75. The second-order valence-corrected chi connectivity index (χ2v) is 23.4. The van der Waals surface area contributed by atoms with Crippen LogP contribution in [-0.4, -0.2) is 35.0 Å². The number of allylic oxidation sites excluding steroid dienone is 4. The van der Waals surface area contributed by atoms with Crippen LogP contribution in [0.4, 0.5) is 0 Å². The first-order valence-corrected chi connectivity index (χ1v) is 29.3. The normalized spacial score (nSPS) is 15.8. The summed E-state index contributed by atoms with van der Waals surface area (Å²) >= 11 is 1.81. The zero-order chi connectivity index (χ0) is 54.9. The lowest BCUT2D eigenvalue weighted by Crippen LogP contribution is -2.26. The van der Waals surface area contributed by atoms with Gasteiger partial charge in [0, 0.05) is 92.7 Å². The zero-order valence-corrected chi connectivity index (χ0v) is 46.2. The maximum Gasteiger partial charge on any atom is 0.155 e. The number of hydrogen-bond donors (Lipinski definition) is 2. The molecule has 2 aliphatic rings. The van der Waals surface area contributed by atoms with Gasteiger partial charge in [-0.05, 0) is 104 Å². The molecule has 0 radical (unpaired) electrons. The Kier molecular flexibility index (Phi) is 10.5. The number of pyridine rings is 1. The van der Waals surface area contributed by atoms with Gasteiger partial charge < -0.3 is 9.13 Å². The van der Waals surface area contributed by atoms with Crippen LogP contribution in [0, 0.1) is 5.41 Å². The molecule has 83 heavy (non-hydrogen) atoms. The van der Waals surface area contributed by atoms with E-state index in [2.05, 4.69) is 273 Å². The molecule has 0 fully saturated rings. The summed E-state index contributed by atoms with van der Waals surface area (Å²) in [5.41, 5.74) is 17.7. The molecule has 2 N–H and O–H groups in total. The minimum Gasteiger partial charge on any atom is -0.309 e. The Morgan fingerprint density at radius 1 is 0.506 bits per heavy atom. The molecule has 394 valence electrons. The van der Waals surface area contributed by atoms with E-state index in [1.807, 2.05) is 17.5 Å². The van der Waals surface area contributed by atoms with E-state index in [0.29, 0.717) is 12.3 Å². The fourth-order valence-corrected chi connectivity index (χ4v) is 14.7. The van der Waals surface area contributed by atoms with E-state index in [0.717, 1.165) is 89.8 Å². The number of para-hydroxylation sites is 6. The first-order valence-electron chi connectivity index (χ1n) is 28.5. The predicted molar refractivity (Wildman–Crippen MR) is 350 cm³/mol. The van der Waals surface area contributed by atoms with Crippen molar-refractivity contribution in [3.8, 4) is 17.2 Å². The molecular formula is C74H52N8S. The van der Waals surface area contributed by atoms with Crippen molar-refractivity contribution in [3.05, 3.63) is 266 Å². The van der Waals surface area contributed by atoms with E-state index in [4.69, 9.17) is 9.98 Å². The van der Waals surface area contributed by atoms with Crippen molar-refractivity contribution in [3.63, 3.8) is 0 Å². The monoisotopic (exact) mass is 1080 g/mol. The van der Waals surface area contributed by atoms with E-state index in [1.54, 1.807) is 0 Å². The van der Waals surface area contributed by atoms with Gasteiger partial charge >= 0.3 is 0 Å². The lowest BCUT2D eigenvalue weighted by molar-refractivity contribution is 0.599. The van der Waals surface area contributed by atoms with Crippen molar-refractivity contribution in [2.75, 3.05) is 5.43 Å². The minimum atomic E-state index is -0.329. The van der Waals surface area contributed by atoms with Crippen molar-refractivity contribution >= 4 is 130 Å². The number of aliphatic imine (C=N–C) groups is 1. The van der Waals surface area contributed by atoms with Gasteiger partial charge in [-0.25, -0.2) is 9.98 Å². The first-order chi connectivity index (χ1) is 41.0. The van der Waals surface area contributed by atoms with E-state index in [-0.39, 0.29) is 11.3 Å². The van der Waals surface area contributed by atoms with Crippen LogP contribution in [0.25, 0.3) is 125 Å². The van der Waals surface area contributed by atoms with Crippen LogP contribution >= 0.6 is 11.3 Å². The summed E-state index contributed by atoms with van der Waals surface area (Å²) in [6, 6.07) is 74.6. The molecule has 2 aliphatic carbocycles. The summed E-state index contributed by atoms with van der Waals surface area (Å²) in [6.45, 7) is 2.31. The summed E-state index contributed by atoms with van der Waals surface area (Å²) < 4.78 is 11.7. The van der Waals surface area contributed by atoms with Crippen LogP contribution in [-0.2, 0) is 5.41 Å². The van der Waals surface area contributed by atoms with Crippen molar-refractivity contribution in [1.29, 1.82) is 5.41 Å². The number of rotatable bonds is 7. The number of aromatic nitrogens is 5. The van der Waals surface area contributed by atoms with Gasteiger partial charge in [-0.1, -0.05) is 171 Å². The summed E-state index contributed by atoms with van der Waals surface area (Å²) in [4.78, 5) is 10.4. The van der Waals surface area contributed by atoms with Gasteiger partial charge in [-0.15, -0.1) is 11.3 Å². The van der Waals surface area contributed by atoms with Crippen LogP contribution in [0.15, 0.2) is 265 Å². The number of amidine groups is 2. The third-order valence-electron chi connectivity index (χ3n) is 17.6. The summed E-state index contributed by atoms with van der Waals surface area (Å²) in [5, 5.41) is 21.7. The van der Waals surface area contributed by atoms with Crippen LogP contribution in [0.1, 0.15) is 31.7 Å². The number of nitrogens with one attached hydrogen (secondary N) is 2. The maximum absolute atomic E-state index is 9.73. The Bertz CT molecular complexity index is 5380. The number of nitrogens with zero attached hydrogens (tertiary/aromatic N) is 6. The van der Waals surface area contributed by atoms with Crippen LogP contribution < -0.4 is 5.43 Å². The topological polar surface area (TPSA) is 80.8 Å². The molecule has 8 nitrogen and oxygen atoms in total. The second kappa shape index (κ2) is 18.3. The number of fused-ring (bicyclic) bond motifs is 16. The van der Waals surface area contributed by atoms with Crippen LogP contribution in [0.2, 0.25) is 0 Å². The smallest absolute Gasteiger partial charge is 0.155 e. The Labute approximate surface area is 481 Å². The Morgan fingerprint density at radius 2 is 1.12 bits per heavy atom. The molecule has 0 saturated heterocycles. The molecule has 0 aliphatic heterocycles. The van der Waals surface area contributed by atoms with Crippen molar-refractivity contribution in [2.45, 2.75) is 31.6 Å². The molecule has 9 heteroatoms. The Balaban J connectivity index is 0.727. The molecular weight excluding hydrogens is 1030 g/mol. The average molecular weight is 1090 g/mol. The lowest BCUT2D eigenvalue weighted by Gasteiger charge is -2.29. The Hall–Kier alpha value is -10.4. The van der Waals surface area contributed by atoms with Gasteiger partial charge in [0.15, 0.2) is 17.5 Å². The van der Waals surface area contributed by atoms with Crippen molar-refractivity contribution in [2.24, 2.45) is 4.99 Å². The third-order valence-corrected chi connectivity index (χ3v) is 18.8. The number of hydrogen-bond acceptors (Lipinski definition) is 3. The molecule has 6 heterocycles. The largest absolute Gasteiger partial charge is 0.309 e. The molecule has 1 unspecified atom stereocenters. The number of benzene rings is 9. The van der Waals surface area contributed by atoms with Crippen LogP contribution in [0.5, 0.6) is 0 Å². The molecule has 15 aromatic rings. The van der Waals surface area contributed by atoms with E-state index in [1.165, 1.54) is 64.4 Å². The van der Waals surface area contributed by atoms with E-state index < -0.39 is 0 Å². The molecule has 6 aromatic heterocycles. The number of thiophene rings is 1. The highest BCUT2D eigenvalue weighted by Crippen LogP contribution is 2.45. The highest BCUT2D eigenvalue weighted by Gasteiger charge is 2.29. The Morgan fingerprint density at radius 3 is 1.81 bits per heavy atom. The molecule has 1 atom stereocenters. The fourth-order valence-electron chi connectivity index (χ4n) is 13.5. The first kappa shape index (κ1) is 47.5. The summed E-state index contributed by atoms with van der Waals surface area (Å²) in [5.74, 6) is 1.77. The molecule has 0 bridgehead atoms. The average Bonchev–Trinajstić information content (AvgIpc) is 2.99. The minimum absolute atomic E-state index is 0.208. The van der Waals surface area contributed by atoms with Gasteiger partial charge in [0.1, 0.15) is 0 Å². The summed E-state index contributed by atoms with van der Waals surface area (Å²) in [7, 11) is 0. The van der Waals surface area contributed by atoms with Crippen molar-refractivity contribution < 1.29 is 0 Å². The summed E-state index contributed by atoms with van der Waals surface area (Å²) in [6.07, 6.45) is 17.7. The van der Waals surface area contributed by atoms with E-state index in [9.17, 15) is 5.41 Å².